The Kier molecular flexibility index (Phi) is 4.52. The maximum absolute atomic E-state index is 8.65. The predicted octanol–water partition coefficient (Wildman–Crippen LogP) is 1.20. The maximum atomic E-state index is 8.65. The molecule has 1 aromatic rings. The van der Waals surface area contributed by atoms with Crippen molar-refractivity contribution in [3.63, 3.8) is 0 Å². The number of nitrogens with zero attached hydrogens (tertiary/aromatic N) is 4. The molecule has 0 radical (unpaired) electrons. The molecule has 17 heavy (non-hydrogen) atoms. The Morgan fingerprint density at radius 1 is 1.53 bits per heavy atom. The standard InChI is InChI=1S/C11H17N5O/c1-8(2)16(6-4-5-12)10-9(13)11(17-3)15-7-14-10/h7-8H,4,6,13H2,1-3H3. The van der Waals surface area contributed by atoms with E-state index in [-0.39, 0.29) is 6.04 Å². The molecule has 0 bridgehead atoms. The smallest absolute Gasteiger partial charge is 0.242 e. The van der Waals surface area contributed by atoms with Gasteiger partial charge < -0.3 is 15.4 Å². The van der Waals surface area contributed by atoms with E-state index in [0.29, 0.717) is 30.4 Å². The van der Waals surface area contributed by atoms with Crippen LogP contribution >= 0.6 is 0 Å². The molecule has 1 heterocycles. The molecule has 0 saturated heterocycles. The van der Waals surface area contributed by atoms with Crippen LogP contribution in [0.25, 0.3) is 0 Å². The number of rotatable bonds is 5. The lowest BCUT2D eigenvalue weighted by Crippen LogP contribution is -2.33. The van der Waals surface area contributed by atoms with Gasteiger partial charge in [0.25, 0.3) is 0 Å². The molecule has 0 aromatic carbocycles. The van der Waals surface area contributed by atoms with Crippen LogP contribution < -0.4 is 15.4 Å². The summed E-state index contributed by atoms with van der Waals surface area (Å²) in [6, 6.07) is 2.31. The third-order valence-electron chi connectivity index (χ3n) is 2.38. The summed E-state index contributed by atoms with van der Waals surface area (Å²) in [6.45, 7) is 4.62. The van der Waals surface area contributed by atoms with Gasteiger partial charge in [-0.15, -0.1) is 0 Å². The number of methoxy groups -OCH3 is 1. The number of nitrogen functional groups attached to an aromatic ring is 1. The van der Waals surface area contributed by atoms with Crippen molar-refractivity contribution in [1.29, 1.82) is 5.26 Å². The highest BCUT2D eigenvalue weighted by Gasteiger charge is 2.17. The van der Waals surface area contributed by atoms with Crippen LogP contribution in [0.1, 0.15) is 20.3 Å². The van der Waals surface area contributed by atoms with Crippen molar-refractivity contribution in [2.24, 2.45) is 0 Å². The molecule has 0 aliphatic heterocycles. The average molecular weight is 235 g/mol. The van der Waals surface area contributed by atoms with Gasteiger partial charge in [-0.25, -0.2) is 4.98 Å². The fourth-order valence-corrected chi connectivity index (χ4v) is 1.54. The van der Waals surface area contributed by atoms with Crippen molar-refractivity contribution in [2.75, 3.05) is 24.3 Å². The lowest BCUT2D eigenvalue weighted by Gasteiger charge is -2.28. The number of nitriles is 1. The minimum absolute atomic E-state index is 0.199. The topological polar surface area (TPSA) is 88.1 Å². The Labute approximate surface area is 101 Å². The van der Waals surface area contributed by atoms with E-state index in [2.05, 4.69) is 16.0 Å². The second-order valence-corrected chi connectivity index (χ2v) is 3.82. The first-order valence-electron chi connectivity index (χ1n) is 5.39. The number of ether oxygens (including phenoxy) is 1. The Balaban J connectivity index is 3.06. The second-order valence-electron chi connectivity index (χ2n) is 3.82. The molecule has 0 aliphatic rings. The third kappa shape index (κ3) is 2.97. The predicted molar refractivity (Wildman–Crippen MR) is 65.7 cm³/mol. The van der Waals surface area contributed by atoms with Crippen molar-refractivity contribution < 1.29 is 4.74 Å². The van der Waals surface area contributed by atoms with E-state index in [1.165, 1.54) is 13.4 Å². The van der Waals surface area contributed by atoms with Crippen LogP contribution in [0.5, 0.6) is 5.88 Å². The van der Waals surface area contributed by atoms with Gasteiger partial charge >= 0.3 is 0 Å². The SMILES string of the molecule is COc1ncnc(N(CCC#N)C(C)C)c1N. The summed E-state index contributed by atoms with van der Waals surface area (Å²) in [5.74, 6) is 0.972. The fourth-order valence-electron chi connectivity index (χ4n) is 1.54. The van der Waals surface area contributed by atoms with Crippen LogP contribution in [-0.4, -0.2) is 29.7 Å². The van der Waals surface area contributed by atoms with Gasteiger partial charge in [-0.05, 0) is 13.8 Å². The molecule has 0 fully saturated rings. The van der Waals surface area contributed by atoms with Crippen LogP contribution in [0, 0.1) is 11.3 Å². The minimum atomic E-state index is 0.199. The van der Waals surface area contributed by atoms with E-state index < -0.39 is 0 Å². The van der Waals surface area contributed by atoms with E-state index in [1.807, 2.05) is 18.7 Å². The minimum Gasteiger partial charge on any atom is -0.479 e. The van der Waals surface area contributed by atoms with Crippen molar-refractivity contribution >= 4 is 11.5 Å². The Morgan fingerprint density at radius 2 is 2.24 bits per heavy atom. The fraction of sp³-hybridized carbons (Fsp3) is 0.545. The Hall–Kier alpha value is -2.03. The zero-order chi connectivity index (χ0) is 12.8. The van der Waals surface area contributed by atoms with Gasteiger partial charge in [-0.3, -0.25) is 0 Å². The summed E-state index contributed by atoms with van der Waals surface area (Å²) in [4.78, 5) is 10.1. The largest absolute Gasteiger partial charge is 0.479 e. The van der Waals surface area contributed by atoms with E-state index in [1.54, 1.807) is 0 Å². The van der Waals surface area contributed by atoms with E-state index in [4.69, 9.17) is 15.7 Å². The number of hydrogen-bond donors (Lipinski definition) is 1. The van der Waals surface area contributed by atoms with Crippen molar-refractivity contribution in [2.45, 2.75) is 26.3 Å². The molecule has 2 N–H and O–H groups in total. The summed E-state index contributed by atoms with van der Waals surface area (Å²) >= 11 is 0. The number of aromatic nitrogens is 2. The number of hydrogen-bond acceptors (Lipinski definition) is 6. The first-order valence-corrected chi connectivity index (χ1v) is 5.39. The van der Waals surface area contributed by atoms with E-state index >= 15 is 0 Å². The molecule has 92 valence electrons. The van der Waals surface area contributed by atoms with Crippen molar-refractivity contribution in [3.8, 4) is 11.9 Å². The van der Waals surface area contributed by atoms with E-state index in [9.17, 15) is 0 Å². The molecular weight excluding hydrogens is 218 g/mol. The highest BCUT2D eigenvalue weighted by Crippen LogP contribution is 2.28. The van der Waals surface area contributed by atoms with Crippen LogP contribution in [0.4, 0.5) is 11.5 Å². The normalized spacial score (nSPS) is 10.1. The summed E-state index contributed by atoms with van der Waals surface area (Å²) in [6.07, 6.45) is 1.83. The second kappa shape index (κ2) is 5.89. The summed E-state index contributed by atoms with van der Waals surface area (Å²) in [5.41, 5.74) is 6.33. The number of nitrogens with two attached hydrogens (primary N) is 1. The summed E-state index contributed by atoms with van der Waals surface area (Å²) < 4.78 is 5.05. The van der Waals surface area contributed by atoms with Crippen LogP contribution in [0.2, 0.25) is 0 Å². The molecule has 0 unspecified atom stereocenters. The quantitative estimate of drug-likeness (QED) is 0.824. The molecule has 6 heteroatoms. The lowest BCUT2D eigenvalue weighted by molar-refractivity contribution is 0.399. The van der Waals surface area contributed by atoms with Gasteiger partial charge in [0.15, 0.2) is 5.82 Å². The highest BCUT2D eigenvalue weighted by molar-refractivity contribution is 5.68. The van der Waals surface area contributed by atoms with Crippen LogP contribution in [0.3, 0.4) is 0 Å². The van der Waals surface area contributed by atoms with Gasteiger partial charge in [0.05, 0.1) is 19.6 Å². The average Bonchev–Trinajstić information content (AvgIpc) is 2.31. The van der Waals surface area contributed by atoms with Gasteiger partial charge in [0, 0.05) is 12.6 Å². The van der Waals surface area contributed by atoms with Gasteiger partial charge in [-0.1, -0.05) is 0 Å². The molecule has 1 aromatic heterocycles. The Morgan fingerprint density at radius 3 is 2.76 bits per heavy atom. The monoisotopic (exact) mass is 235 g/mol. The summed E-state index contributed by atoms with van der Waals surface area (Å²) in [7, 11) is 1.51. The maximum Gasteiger partial charge on any atom is 0.242 e. The number of anilines is 2. The molecule has 0 saturated carbocycles. The van der Waals surface area contributed by atoms with E-state index in [0.717, 1.165) is 0 Å². The Bertz CT molecular complexity index is 413. The molecule has 1 rings (SSSR count). The first-order chi connectivity index (χ1) is 8.11. The first kappa shape index (κ1) is 13.0. The van der Waals surface area contributed by atoms with Crippen LogP contribution in [0.15, 0.2) is 6.33 Å². The zero-order valence-corrected chi connectivity index (χ0v) is 10.3. The molecule has 0 aliphatic carbocycles. The van der Waals surface area contributed by atoms with Gasteiger partial charge in [-0.2, -0.15) is 10.2 Å². The van der Waals surface area contributed by atoms with Gasteiger partial charge in [0.1, 0.15) is 12.0 Å². The van der Waals surface area contributed by atoms with Gasteiger partial charge in [0.2, 0.25) is 5.88 Å². The third-order valence-corrected chi connectivity index (χ3v) is 2.38. The summed E-state index contributed by atoms with van der Waals surface area (Å²) in [5, 5.41) is 8.65. The highest BCUT2D eigenvalue weighted by atomic mass is 16.5. The van der Waals surface area contributed by atoms with Crippen molar-refractivity contribution in [3.05, 3.63) is 6.33 Å². The zero-order valence-electron chi connectivity index (χ0n) is 10.3. The van der Waals surface area contributed by atoms with Crippen molar-refractivity contribution in [1.82, 2.24) is 9.97 Å². The molecule has 0 spiro atoms. The molecule has 0 atom stereocenters. The molecular formula is C11H17N5O. The van der Waals surface area contributed by atoms with Crippen LogP contribution in [-0.2, 0) is 0 Å². The lowest BCUT2D eigenvalue weighted by atomic mass is 10.2. The molecule has 6 nitrogen and oxygen atoms in total. The molecule has 0 amide bonds.